The summed E-state index contributed by atoms with van der Waals surface area (Å²) in [5, 5.41) is 1.96. The molecule has 15 heavy (non-hydrogen) atoms. The first-order valence-electron chi connectivity index (χ1n) is 4.43. The number of hydrogen-bond donors (Lipinski definition) is 1. The van der Waals surface area contributed by atoms with Crippen molar-refractivity contribution in [1.29, 1.82) is 0 Å². The topological polar surface area (TPSA) is 26.0 Å². The van der Waals surface area contributed by atoms with Gasteiger partial charge in [-0.2, -0.15) is 0 Å². The molecule has 0 bridgehead atoms. The minimum Gasteiger partial charge on any atom is -0.320 e. The van der Waals surface area contributed by atoms with Crippen LogP contribution in [0.3, 0.4) is 0 Å². The fourth-order valence-electron chi connectivity index (χ4n) is 1.38. The Labute approximate surface area is 99.9 Å². The third-order valence-corrected chi connectivity index (χ3v) is 3.96. The molecule has 2 aromatic rings. The summed E-state index contributed by atoms with van der Waals surface area (Å²) in [6.07, 6.45) is 0. The normalized spacial score (nSPS) is 12.7. The maximum atomic E-state index is 13.3. The second-order valence-electron chi connectivity index (χ2n) is 3.14. The van der Waals surface area contributed by atoms with Crippen molar-refractivity contribution in [3.8, 4) is 0 Å². The Hall–Kier alpha value is -0.710. The lowest BCUT2D eigenvalue weighted by Crippen LogP contribution is -2.11. The van der Waals surface area contributed by atoms with Crippen molar-refractivity contribution in [2.75, 3.05) is 0 Å². The average molecular weight is 286 g/mol. The van der Waals surface area contributed by atoms with Crippen LogP contribution in [-0.4, -0.2) is 0 Å². The lowest BCUT2D eigenvalue weighted by molar-refractivity contribution is 0.616. The lowest BCUT2D eigenvalue weighted by Gasteiger charge is -2.12. The molecule has 2 rings (SSSR count). The summed E-state index contributed by atoms with van der Waals surface area (Å²) < 4.78 is 13.7. The summed E-state index contributed by atoms with van der Waals surface area (Å²) in [7, 11) is 0. The maximum absolute atomic E-state index is 13.3. The highest BCUT2D eigenvalue weighted by Crippen LogP contribution is 2.30. The van der Waals surface area contributed by atoms with E-state index in [0.717, 1.165) is 10.4 Å². The first kappa shape index (κ1) is 10.8. The van der Waals surface area contributed by atoms with E-state index in [0.29, 0.717) is 4.47 Å². The molecule has 1 atom stereocenters. The minimum atomic E-state index is -0.278. The number of rotatable bonds is 2. The number of nitrogens with two attached hydrogens (primary N) is 1. The average Bonchev–Trinajstić information content (AvgIpc) is 2.74. The van der Waals surface area contributed by atoms with E-state index in [1.54, 1.807) is 17.4 Å². The molecule has 0 amide bonds. The Morgan fingerprint density at radius 1 is 1.27 bits per heavy atom. The fourth-order valence-corrected chi connectivity index (χ4v) is 2.64. The van der Waals surface area contributed by atoms with Gasteiger partial charge in [-0.25, -0.2) is 4.39 Å². The predicted octanol–water partition coefficient (Wildman–Crippen LogP) is 3.70. The molecule has 0 fully saturated rings. The van der Waals surface area contributed by atoms with Gasteiger partial charge in [-0.1, -0.05) is 18.2 Å². The van der Waals surface area contributed by atoms with E-state index >= 15 is 0 Å². The molecule has 4 heteroatoms. The Kier molecular flexibility index (Phi) is 3.19. The van der Waals surface area contributed by atoms with Crippen molar-refractivity contribution in [2.24, 2.45) is 5.73 Å². The Morgan fingerprint density at radius 2 is 2.07 bits per heavy atom. The van der Waals surface area contributed by atoms with Crippen molar-refractivity contribution in [3.63, 3.8) is 0 Å². The molecule has 0 aliphatic heterocycles. The zero-order chi connectivity index (χ0) is 10.8. The lowest BCUT2D eigenvalue weighted by atomic mass is 10.1. The van der Waals surface area contributed by atoms with Gasteiger partial charge in [0.05, 0.1) is 10.5 Å². The first-order chi connectivity index (χ1) is 7.20. The zero-order valence-corrected chi connectivity index (χ0v) is 10.2. The molecule has 0 aliphatic carbocycles. The molecule has 0 spiro atoms. The molecule has 1 unspecified atom stereocenters. The van der Waals surface area contributed by atoms with Crippen LogP contribution in [0.4, 0.5) is 4.39 Å². The van der Waals surface area contributed by atoms with E-state index in [1.807, 2.05) is 23.6 Å². The molecule has 0 saturated heterocycles. The standard InChI is InChI=1S/C11H9BrFNS/c12-10-7(3-1-4-8(10)13)11(14)9-5-2-6-15-9/h1-6,11H,14H2. The highest BCUT2D eigenvalue weighted by atomic mass is 79.9. The van der Waals surface area contributed by atoms with Crippen LogP contribution < -0.4 is 5.73 Å². The zero-order valence-electron chi connectivity index (χ0n) is 7.78. The van der Waals surface area contributed by atoms with Gasteiger partial charge in [-0.15, -0.1) is 11.3 Å². The third kappa shape index (κ3) is 2.12. The van der Waals surface area contributed by atoms with Crippen molar-refractivity contribution in [1.82, 2.24) is 0 Å². The van der Waals surface area contributed by atoms with Gasteiger partial charge >= 0.3 is 0 Å². The van der Waals surface area contributed by atoms with Crippen LogP contribution in [-0.2, 0) is 0 Å². The molecular formula is C11H9BrFNS. The van der Waals surface area contributed by atoms with Crippen molar-refractivity contribution >= 4 is 27.3 Å². The summed E-state index contributed by atoms with van der Waals surface area (Å²) in [4.78, 5) is 1.03. The third-order valence-electron chi connectivity index (χ3n) is 2.17. The van der Waals surface area contributed by atoms with E-state index in [1.165, 1.54) is 6.07 Å². The van der Waals surface area contributed by atoms with E-state index in [2.05, 4.69) is 15.9 Å². The first-order valence-corrected chi connectivity index (χ1v) is 6.10. The van der Waals surface area contributed by atoms with Crippen LogP contribution in [0.5, 0.6) is 0 Å². The van der Waals surface area contributed by atoms with Crippen LogP contribution in [0.2, 0.25) is 0 Å². The highest BCUT2D eigenvalue weighted by molar-refractivity contribution is 9.10. The molecular weight excluding hydrogens is 277 g/mol. The fraction of sp³-hybridized carbons (Fsp3) is 0.0909. The highest BCUT2D eigenvalue weighted by Gasteiger charge is 2.14. The van der Waals surface area contributed by atoms with Crippen LogP contribution in [0.1, 0.15) is 16.5 Å². The molecule has 1 aromatic heterocycles. The molecule has 0 radical (unpaired) electrons. The monoisotopic (exact) mass is 285 g/mol. The van der Waals surface area contributed by atoms with Crippen LogP contribution in [0.25, 0.3) is 0 Å². The minimum absolute atomic E-state index is 0.268. The van der Waals surface area contributed by atoms with Crippen LogP contribution in [0, 0.1) is 5.82 Å². The summed E-state index contributed by atoms with van der Waals surface area (Å²) in [6, 6.07) is 8.53. The van der Waals surface area contributed by atoms with Gasteiger partial charge in [-0.3, -0.25) is 0 Å². The van der Waals surface area contributed by atoms with Gasteiger partial charge in [0.1, 0.15) is 5.82 Å². The van der Waals surface area contributed by atoms with Gasteiger partial charge < -0.3 is 5.73 Å². The van der Waals surface area contributed by atoms with Crippen LogP contribution in [0.15, 0.2) is 40.2 Å². The second-order valence-corrected chi connectivity index (χ2v) is 4.91. The molecule has 1 aromatic carbocycles. The van der Waals surface area contributed by atoms with Gasteiger partial charge in [-0.05, 0) is 39.0 Å². The maximum Gasteiger partial charge on any atom is 0.137 e. The summed E-state index contributed by atoms with van der Waals surface area (Å²) >= 11 is 4.79. The van der Waals surface area contributed by atoms with Gasteiger partial charge in [0.15, 0.2) is 0 Å². The van der Waals surface area contributed by atoms with E-state index in [9.17, 15) is 4.39 Å². The predicted molar refractivity (Wildman–Crippen MR) is 64.4 cm³/mol. The van der Waals surface area contributed by atoms with Crippen molar-refractivity contribution in [3.05, 3.63) is 56.4 Å². The van der Waals surface area contributed by atoms with Crippen molar-refractivity contribution in [2.45, 2.75) is 6.04 Å². The van der Waals surface area contributed by atoms with E-state index < -0.39 is 0 Å². The largest absolute Gasteiger partial charge is 0.320 e. The summed E-state index contributed by atoms with van der Waals surface area (Å²) in [6.45, 7) is 0. The Bertz CT molecular complexity index is 456. The smallest absolute Gasteiger partial charge is 0.137 e. The van der Waals surface area contributed by atoms with Crippen molar-refractivity contribution < 1.29 is 4.39 Å². The quantitative estimate of drug-likeness (QED) is 0.895. The number of benzene rings is 1. The molecule has 1 heterocycles. The number of thiophene rings is 1. The van der Waals surface area contributed by atoms with E-state index in [-0.39, 0.29) is 11.9 Å². The summed E-state index contributed by atoms with van der Waals surface area (Å²) in [5.41, 5.74) is 6.82. The Morgan fingerprint density at radius 3 is 2.73 bits per heavy atom. The summed E-state index contributed by atoms with van der Waals surface area (Å²) in [5.74, 6) is -0.278. The Balaban J connectivity index is 2.42. The van der Waals surface area contributed by atoms with E-state index in [4.69, 9.17) is 5.73 Å². The van der Waals surface area contributed by atoms with Gasteiger partial charge in [0.25, 0.3) is 0 Å². The molecule has 0 saturated carbocycles. The SMILES string of the molecule is NC(c1cccs1)c1cccc(F)c1Br. The molecule has 1 nitrogen and oxygen atoms in total. The molecule has 2 N–H and O–H groups in total. The van der Waals surface area contributed by atoms with Crippen LogP contribution >= 0.6 is 27.3 Å². The molecule has 78 valence electrons. The molecule has 0 aliphatic rings. The number of hydrogen-bond acceptors (Lipinski definition) is 2. The van der Waals surface area contributed by atoms with Gasteiger partial charge in [0, 0.05) is 4.88 Å². The van der Waals surface area contributed by atoms with Gasteiger partial charge in [0.2, 0.25) is 0 Å². The number of halogens is 2. The second kappa shape index (κ2) is 4.43.